The number of hydrogen-bond donors (Lipinski definition) is 0. The predicted octanol–water partition coefficient (Wildman–Crippen LogP) is 2.98. The highest BCUT2D eigenvalue weighted by Gasteiger charge is 2.34. The van der Waals surface area contributed by atoms with E-state index in [1.807, 2.05) is 0 Å². The van der Waals surface area contributed by atoms with Gasteiger partial charge in [0.25, 0.3) is 5.69 Å². The molecule has 128 valence electrons. The minimum atomic E-state index is -1.19. The Bertz CT molecular complexity index is 743. The highest BCUT2D eigenvalue weighted by molar-refractivity contribution is 5.87. The maximum atomic E-state index is 11.6. The first-order chi connectivity index (χ1) is 11.1. The van der Waals surface area contributed by atoms with Crippen LogP contribution in [0.1, 0.15) is 31.9 Å². The SMILES string of the molecule is C=C(C)C(=O)OC(CC)c1cc([N+](=O)[O-])c([N+](=O)[O-])cc1[N+](=O)[O-]. The van der Waals surface area contributed by atoms with Gasteiger partial charge < -0.3 is 4.74 Å². The molecule has 0 fully saturated rings. The molecule has 0 radical (unpaired) electrons. The molecule has 0 saturated heterocycles. The van der Waals surface area contributed by atoms with Gasteiger partial charge in [0.15, 0.2) is 0 Å². The van der Waals surface area contributed by atoms with Gasteiger partial charge in [-0.15, -0.1) is 0 Å². The van der Waals surface area contributed by atoms with Gasteiger partial charge in [0.05, 0.1) is 20.3 Å². The van der Waals surface area contributed by atoms with Gasteiger partial charge in [-0.25, -0.2) is 4.79 Å². The minimum Gasteiger partial charge on any atom is -0.454 e. The summed E-state index contributed by atoms with van der Waals surface area (Å²) in [5, 5.41) is 33.1. The number of nitro groups is 3. The molecule has 0 aliphatic heterocycles. The molecule has 0 aliphatic rings. The average Bonchev–Trinajstić information content (AvgIpc) is 2.50. The Morgan fingerprint density at radius 2 is 1.54 bits per heavy atom. The zero-order valence-corrected chi connectivity index (χ0v) is 12.8. The van der Waals surface area contributed by atoms with Crippen molar-refractivity contribution < 1.29 is 24.3 Å². The molecule has 0 aromatic heterocycles. The lowest BCUT2D eigenvalue weighted by atomic mass is 10.0. The standard InChI is InChI=1S/C13H13N3O8/c1-4-12(24-13(17)7(2)3)8-5-10(15(20)21)11(16(22)23)6-9(8)14(18)19/h5-6,12H,2,4H2,1,3H3. The number of hydrogen-bond acceptors (Lipinski definition) is 8. The van der Waals surface area contributed by atoms with Gasteiger partial charge in [0.1, 0.15) is 12.2 Å². The lowest BCUT2D eigenvalue weighted by molar-refractivity contribution is -0.424. The quantitative estimate of drug-likeness (QED) is 0.317. The van der Waals surface area contributed by atoms with E-state index in [1.165, 1.54) is 13.8 Å². The Hall–Kier alpha value is -3.37. The Labute approximate surface area is 135 Å². The normalized spacial score (nSPS) is 11.4. The van der Waals surface area contributed by atoms with E-state index in [2.05, 4.69) is 6.58 Å². The molecular formula is C13H13N3O8. The minimum absolute atomic E-state index is 0.0347. The van der Waals surface area contributed by atoms with Crippen molar-refractivity contribution >= 4 is 23.0 Å². The third kappa shape index (κ3) is 3.88. The number of rotatable bonds is 7. The summed E-state index contributed by atoms with van der Waals surface area (Å²) in [6.45, 7) is 6.27. The van der Waals surface area contributed by atoms with Crippen LogP contribution in [-0.2, 0) is 9.53 Å². The summed E-state index contributed by atoms with van der Waals surface area (Å²) in [6.07, 6.45) is -1.12. The zero-order chi connectivity index (χ0) is 18.6. The van der Waals surface area contributed by atoms with E-state index in [0.29, 0.717) is 12.1 Å². The van der Waals surface area contributed by atoms with Gasteiger partial charge in [-0.2, -0.15) is 0 Å². The highest BCUT2D eigenvalue weighted by atomic mass is 16.6. The van der Waals surface area contributed by atoms with Crippen molar-refractivity contribution in [3.05, 3.63) is 60.2 Å². The largest absolute Gasteiger partial charge is 0.454 e. The van der Waals surface area contributed by atoms with Crippen LogP contribution >= 0.6 is 0 Å². The lowest BCUT2D eigenvalue weighted by Gasteiger charge is -2.16. The summed E-state index contributed by atoms with van der Waals surface area (Å²) in [5.41, 5.74) is -2.95. The summed E-state index contributed by atoms with van der Waals surface area (Å²) in [7, 11) is 0. The Balaban J connectivity index is 3.59. The lowest BCUT2D eigenvalue weighted by Crippen LogP contribution is -2.13. The van der Waals surface area contributed by atoms with E-state index >= 15 is 0 Å². The molecule has 11 nitrogen and oxygen atoms in total. The second kappa shape index (κ2) is 7.26. The zero-order valence-electron chi connectivity index (χ0n) is 12.8. The van der Waals surface area contributed by atoms with Gasteiger partial charge in [-0.05, 0) is 13.3 Å². The molecule has 1 atom stereocenters. The van der Waals surface area contributed by atoms with E-state index in [-0.39, 0.29) is 17.6 Å². The fraction of sp³-hybridized carbons (Fsp3) is 0.308. The summed E-state index contributed by atoms with van der Waals surface area (Å²) >= 11 is 0. The van der Waals surface area contributed by atoms with Gasteiger partial charge in [0.2, 0.25) is 0 Å². The summed E-state index contributed by atoms with van der Waals surface area (Å²) in [4.78, 5) is 41.7. The molecule has 0 N–H and O–H groups in total. The van der Waals surface area contributed by atoms with Gasteiger partial charge in [-0.3, -0.25) is 30.3 Å². The maximum absolute atomic E-state index is 11.6. The third-order valence-electron chi connectivity index (χ3n) is 3.03. The van der Waals surface area contributed by atoms with Crippen molar-refractivity contribution in [2.45, 2.75) is 26.4 Å². The molecular weight excluding hydrogens is 326 g/mol. The molecule has 11 heteroatoms. The van der Waals surface area contributed by atoms with Crippen molar-refractivity contribution in [2.24, 2.45) is 0 Å². The van der Waals surface area contributed by atoms with Crippen molar-refractivity contribution in [1.82, 2.24) is 0 Å². The molecule has 1 aromatic carbocycles. The monoisotopic (exact) mass is 339 g/mol. The van der Waals surface area contributed by atoms with Crippen molar-refractivity contribution in [3.63, 3.8) is 0 Å². The number of benzene rings is 1. The van der Waals surface area contributed by atoms with E-state index in [1.54, 1.807) is 0 Å². The van der Waals surface area contributed by atoms with Crippen LogP contribution < -0.4 is 0 Å². The molecule has 0 bridgehead atoms. The van der Waals surface area contributed by atoms with Crippen molar-refractivity contribution in [2.75, 3.05) is 0 Å². The van der Waals surface area contributed by atoms with Gasteiger partial charge >= 0.3 is 17.3 Å². The molecule has 0 heterocycles. The smallest absolute Gasteiger partial charge is 0.352 e. The van der Waals surface area contributed by atoms with E-state index in [4.69, 9.17) is 4.74 Å². The molecule has 1 unspecified atom stereocenters. The second-order valence-electron chi connectivity index (χ2n) is 4.75. The summed E-state index contributed by atoms with van der Waals surface area (Å²) in [6, 6.07) is 1.18. The van der Waals surface area contributed by atoms with Crippen LogP contribution in [0, 0.1) is 30.3 Å². The number of nitrogens with zero attached hydrogens (tertiary/aromatic N) is 3. The number of carbonyl (C=O) groups excluding carboxylic acids is 1. The first-order valence-electron chi connectivity index (χ1n) is 6.57. The molecule has 0 aliphatic carbocycles. The van der Waals surface area contributed by atoms with E-state index < -0.39 is 43.9 Å². The van der Waals surface area contributed by atoms with Crippen LogP contribution in [0.5, 0.6) is 0 Å². The first kappa shape index (κ1) is 18.7. The Kier molecular flexibility index (Phi) is 5.65. The molecule has 0 spiro atoms. The second-order valence-corrected chi connectivity index (χ2v) is 4.75. The van der Waals surface area contributed by atoms with Gasteiger partial charge in [-0.1, -0.05) is 13.5 Å². The van der Waals surface area contributed by atoms with Crippen LogP contribution in [-0.4, -0.2) is 20.7 Å². The Morgan fingerprint density at radius 3 is 1.92 bits per heavy atom. The average molecular weight is 339 g/mol. The fourth-order valence-corrected chi connectivity index (χ4v) is 1.89. The van der Waals surface area contributed by atoms with E-state index in [0.717, 1.165) is 0 Å². The van der Waals surface area contributed by atoms with Crippen LogP contribution in [0.3, 0.4) is 0 Å². The number of carbonyl (C=O) groups is 1. The predicted molar refractivity (Wildman–Crippen MR) is 80.3 cm³/mol. The third-order valence-corrected chi connectivity index (χ3v) is 3.03. The number of nitro benzene ring substituents is 3. The molecule has 24 heavy (non-hydrogen) atoms. The maximum Gasteiger partial charge on any atom is 0.352 e. The van der Waals surface area contributed by atoms with Crippen LogP contribution in [0.25, 0.3) is 0 Å². The van der Waals surface area contributed by atoms with Crippen molar-refractivity contribution in [1.29, 1.82) is 0 Å². The fourth-order valence-electron chi connectivity index (χ4n) is 1.89. The molecule has 0 saturated carbocycles. The Morgan fingerprint density at radius 1 is 1.08 bits per heavy atom. The summed E-state index contributed by atoms with van der Waals surface area (Å²) in [5.74, 6) is -0.836. The first-order valence-corrected chi connectivity index (χ1v) is 6.57. The van der Waals surface area contributed by atoms with Crippen molar-refractivity contribution in [3.8, 4) is 0 Å². The highest BCUT2D eigenvalue weighted by Crippen LogP contribution is 2.39. The van der Waals surface area contributed by atoms with Crippen LogP contribution in [0.4, 0.5) is 17.1 Å². The molecule has 1 aromatic rings. The molecule has 1 rings (SSSR count). The van der Waals surface area contributed by atoms with E-state index in [9.17, 15) is 35.1 Å². The van der Waals surface area contributed by atoms with Crippen LogP contribution in [0.2, 0.25) is 0 Å². The van der Waals surface area contributed by atoms with Gasteiger partial charge in [0, 0.05) is 11.6 Å². The number of esters is 1. The topological polar surface area (TPSA) is 156 Å². The molecule has 0 amide bonds. The van der Waals surface area contributed by atoms with Crippen LogP contribution in [0.15, 0.2) is 24.3 Å². The summed E-state index contributed by atoms with van der Waals surface area (Å²) < 4.78 is 5.04. The number of ether oxygens (including phenoxy) is 1.